The van der Waals surface area contributed by atoms with Crippen molar-refractivity contribution in [1.29, 1.82) is 0 Å². The van der Waals surface area contributed by atoms with Crippen molar-refractivity contribution in [3.8, 4) is 5.69 Å². The fourth-order valence-electron chi connectivity index (χ4n) is 3.22. The topological polar surface area (TPSA) is 95.0 Å². The van der Waals surface area contributed by atoms with Crippen molar-refractivity contribution >= 4 is 10.0 Å². The summed E-state index contributed by atoms with van der Waals surface area (Å²) < 4.78 is 37.3. The fraction of sp³-hybridized carbons (Fsp3) is 0.200. The number of hydrogen-bond donors (Lipinski definition) is 1. The van der Waals surface area contributed by atoms with Gasteiger partial charge in [-0.1, -0.05) is 0 Å². The summed E-state index contributed by atoms with van der Waals surface area (Å²) in [6.45, 7) is 3.94. The van der Waals surface area contributed by atoms with E-state index >= 15 is 0 Å². The second-order valence-corrected chi connectivity index (χ2v) is 8.47. The van der Waals surface area contributed by atoms with Crippen molar-refractivity contribution in [3.63, 3.8) is 0 Å². The van der Waals surface area contributed by atoms with Gasteiger partial charge in [-0.15, -0.1) is 0 Å². The molecule has 3 aromatic heterocycles. The minimum absolute atomic E-state index is 0.110. The Balaban J connectivity index is 1.56. The van der Waals surface area contributed by atoms with Gasteiger partial charge in [0, 0.05) is 24.6 Å². The quantitative estimate of drug-likeness (QED) is 0.505. The lowest BCUT2D eigenvalue weighted by atomic mass is 10.2. The third-order valence-corrected chi connectivity index (χ3v) is 6.03. The molecule has 9 heteroatoms. The average Bonchev–Trinajstić information content (AvgIpc) is 3.45. The summed E-state index contributed by atoms with van der Waals surface area (Å²) in [5, 5.41) is 8.63. The number of furan rings is 1. The first-order valence-corrected chi connectivity index (χ1v) is 10.6. The Morgan fingerprint density at radius 3 is 2.52 bits per heavy atom. The van der Waals surface area contributed by atoms with Crippen molar-refractivity contribution in [1.82, 2.24) is 24.3 Å². The largest absolute Gasteiger partial charge is 0.467 e. The van der Waals surface area contributed by atoms with Gasteiger partial charge in [0.15, 0.2) is 0 Å². The number of rotatable bonds is 7. The summed E-state index contributed by atoms with van der Waals surface area (Å²) in [5.74, 6) is 0.632. The van der Waals surface area contributed by atoms with Crippen LogP contribution in [0.3, 0.4) is 0 Å². The van der Waals surface area contributed by atoms with Crippen LogP contribution in [0.5, 0.6) is 0 Å². The predicted octanol–water partition coefficient (Wildman–Crippen LogP) is 2.85. The molecule has 0 bridgehead atoms. The second-order valence-electron chi connectivity index (χ2n) is 6.70. The van der Waals surface area contributed by atoms with Crippen molar-refractivity contribution in [2.24, 2.45) is 0 Å². The molecule has 1 N–H and O–H groups in total. The van der Waals surface area contributed by atoms with E-state index in [9.17, 15) is 8.42 Å². The lowest BCUT2D eigenvalue weighted by Crippen LogP contribution is -2.32. The Kier molecular flexibility index (Phi) is 5.08. The molecule has 0 saturated carbocycles. The fourth-order valence-corrected chi connectivity index (χ4v) is 4.26. The number of aromatic nitrogens is 4. The molecule has 0 aliphatic carbocycles. The molecule has 0 aliphatic rings. The summed E-state index contributed by atoms with van der Waals surface area (Å²) in [5.41, 5.74) is 2.56. The highest BCUT2D eigenvalue weighted by molar-refractivity contribution is 7.89. The van der Waals surface area contributed by atoms with Crippen LogP contribution in [0, 0.1) is 13.8 Å². The highest BCUT2D eigenvalue weighted by Gasteiger charge is 2.23. The van der Waals surface area contributed by atoms with Gasteiger partial charge in [0.25, 0.3) is 0 Å². The number of nitrogens with one attached hydrogen (secondary N) is 1. The number of nitrogens with zero attached hydrogens (tertiary/aromatic N) is 4. The van der Waals surface area contributed by atoms with E-state index in [1.165, 1.54) is 0 Å². The second kappa shape index (κ2) is 7.69. The van der Waals surface area contributed by atoms with Crippen molar-refractivity contribution in [2.75, 3.05) is 6.54 Å². The van der Waals surface area contributed by atoms with Crippen LogP contribution in [0.1, 0.15) is 23.2 Å². The monoisotopic (exact) mass is 411 g/mol. The Hall–Kier alpha value is -3.17. The van der Waals surface area contributed by atoms with Crippen LogP contribution in [0.15, 0.2) is 76.5 Å². The van der Waals surface area contributed by atoms with E-state index in [0.29, 0.717) is 5.76 Å². The average molecular weight is 411 g/mol. The van der Waals surface area contributed by atoms with E-state index in [4.69, 9.17) is 4.42 Å². The van der Waals surface area contributed by atoms with Gasteiger partial charge in [0.1, 0.15) is 11.8 Å². The maximum absolute atomic E-state index is 12.8. The highest BCUT2D eigenvalue weighted by atomic mass is 32.2. The number of aryl methyl sites for hydroxylation is 2. The zero-order valence-corrected chi connectivity index (χ0v) is 16.9. The zero-order chi connectivity index (χ0) is 20.4. The van der Waals surface area contributed by atoms with Gasteiger partial charge in [-0.2, -0.15) is 10.2 Å². The van der Waals surface area contributed by atoms with Gasteiger partial charge in [0.05, 0.1) is 22.5 Å². The van der Waals surface area contributed by atoms with Gasteiger partial charge in [-0.25, -0.2) is 17.8 Å². The van der Waals surface area contributed by atoms with Gasteiger partial charge in [-0.05, 0) is 62.4 Å². The molecule has 0 radical (unpaired) electrons. The van der Waals surface area contributed by atoms with E-state index in [0.717, 1.165) is 17.1 Å². The van der Waals surface area contributed by atoms with Crippen LogP contribution in [-0.4, -0.2) is 34.5 Å². The maximum Gasteiger partial charge on any atom is 0.240 e. The Bertz CT molecular complexity index is 1180. The summed E-state index contributed by atoms with van der Waals surface area (Å²) in [6, 6.07) is 13.5. The molecular weight excluding hydrogens is 390 g/mol. The van der Waals surface area contributed by atoms with Crippen molar-refractivity contribution < 1.29 is 12.8 Å². The Morgan fingerprint density at radius 2 is 1.93 bits per heavy atom. The highest BCUT2D eigenvalue weighted by Crippen LogP contribution is 2.21. The molecule has 0 saturated heterocycles. The van der Waals surface area contributed by atoms with Crippen LogP contribution in [0.25, 0.3) is 5.69 Å². The zero-order valence-electron chi connectivity index (χ0n) is 16.1. The molecular formula is C20H21N5O3S. The summed E-state index contributed by atoms with van der Waals surface area (Å²) in [4.78, 5) is 0.181. The Morgan fingerprint density at radius 1 is 1.14 bits per heavy atom. The molecule has 4 aromatic rings. The SMILES string of the molecule is Cc1cc(C)n(C(CNS(=O)(=O)c2ccc(-n3cccn3)cc2)c2ccco2)n1. The maximum atomic E-state index is 12.8. The first-order valence-electron chi connectivity index (χ1n) is 9.10. The summed E-state index contributed by atoms with van der Waals surface area (Å²) in [7, 11) is -3.71. The first-order chi connectivity index (χ1) is 13.9. The molecule has 8 nitrogen and oxygen atoms in total. The number of sulfonamides is 1. The molecule has 0 fully saturated rings. The van der Waals surface area contributed by atoms with Crippen LogP contribution in [0.4, 0.5) is 0 Å². The van der Waals surface area contributed by atoms with E-state index in [1.54, 1.807) is 64.4 Å². The van der Waals surface area contributed by atoms with E-state index in [2.05, 4.69) is 14.9 Å². The minimum Gasteiger partial charge on any atom is -0.467 e. The van der Waals surface area contributed by atoms with Crippen LogP contribution >= 0.6 is 0 Å². The molecule has 150 valence electrons. The molecule has 0 aliphatic heterocycles. The minimum atomic E-state index is -3.71. The molecule has 0 amide bonds. The molecule has 0 spiro atoms. The molecule has 29 heavy (non-hydrogen) atoms. The molecule has 3 heterocycles. The van der Waals surface area contributed by atoms with E-state index in [-0.39, 0.29) is 11.4 Å². The van der Waals surface area contributed by atoms with Crippen LogP contribution in [0.2, 0.25) is 0 Å². The summed E-state index contributed by atoms with van der Waals surface area (Å²) in [6.07, 6.45) is 5.03. The van der Waals surface area contributed by atoms with Crippen molar-refractivity contribution in [2.45, 2.75) is 24.8 Å². The normalized spacial score (nSPS) is 12.9. The predicted molar refractivity (Wildman–Crippen MR) is 107 cm³/mol. The van der Waals surface area contributed by atoms with Crippen molar-refractivity contribution in [3.05, 3.63) is 84.3 Å². The smallest absolute Gasteiger partial charge is 0.240 e. The van der Waals surface area contributed by atoms with Gasteiger partial charge in [0.2, 0.25) is 10.0 Å². The molecule has 1 unspecified atom stereocenters. The van der Waals surface area contributed by atoms with Gasteiger partial charge >= 0.3 is 0 Å². The summed E-state index contributed by atoms with van der Waals surface area (Å²) >= 11 is 0. The third-order valence-electron chi connectivity index (χ3n) is 4.59. The van der Waals surface area contributed by atoms with Gasteiger partial charge in [-0.3, -0.25) is 4.68 Å². The van der Waals surface area contributed by atoms with Crippen LogP contribution < -0.4 is 4.72 Å². The van der Waals surface area contributed by atoms with Crippen LogP contribution in [-0.2, 0) is 10.0 Å². The lowest BCUT2D eigenvalue weighted by Gasteiger charge is -2.18. The number of hydrogen-bond acceptors (Lipinski definition) is 5. The lowest BCUT2D eigenvalue weighted by molar-refractivity contribution is 0.397. The first kappa shape index (κ1) is 19.2. The standard InChI is InChI=1S/C20H21N5O3S/c1-15-13-16(2)25(23-15)19(20-5-3-12-28-20)14-22-29(26,27)18-8-6-17(7-9-18)24-11-4-10-21-24/h3-13,19,22H,14H2,1-2H3. The third kappa shape index (κ3) is 4.01. The van der Waals surface area contributed by atoms with E-state index in [1.807, 2.05) is 26.0 Å². The number of benzene rings is 1. The Labute approximate surface area is 168 Å². The molecule has 1 aromatic carbocycles. The molecule has 4 rings (SSSR count). The molecule has 1 atom stereocenters. The van der Waals surface area contributed by atoms with Gasteiger partial charge < -0.3 is 4.42 Å². The van der Waals surface area contributed by atoms with E-state index < -0.39 is 16.1 Å².